The zero-order chi connectivity index (χ0) is 95.9. The lowest BCUT2D eigenvalue weighted by Gasteiger charge is -2.42. The van der Waals surface area contributed by atoms with E-state index in [1.165, 1.54) is 47.6 Å². The highest BCUT2D eigenvalue weighted by Crippen LogP contribution is 2.26. The minimum Gasteiger partial charge on any atom is -0.394 e. The van der Waals surface area contributed by atoms with Crippen LogP contribution in [0, 0.1) is 11.3 Å². The van der Waals surface area contributed by atoms with Gasteiger partial charge in [-0.2, -0.15) is 0 Å². The number of para-hydroxylation sites is 2. The van der Waals surface area contributed by atoms with Crippen molar-refractivity contribution < 1.29 is 86.6 Å². The highest BCUT2D eigenvalue weighted by atomic mass is 32.2. The van der Waals surface area contributed by atoms with Crippen LogP contribution in [0.2, 0.25) is 0 Å². The Kier molecular flexibility index (Phi) is 39.2. The molecule has 17 amide bonds. The molecule has 13 unspecified atom stereocenters. The van der Waals surface area contributed by atoms with Crippen molar-refractivity contribution in [2.24, 2.45) is 23.1 Å². The van der Waals surface area contributed by atoms with Gasteiger partial charge in [0.05, 0.1) is 38.2 Å². The van der Waals surface area contributed by atoms with Gasteiger partial charge in [-0.05, 0) is 80.2 Å². The molecule has 2 aliphatic heterocycles. The maximum atomic E-state index is 15.7. The third-order valence-corrected chi connectivity index (χ3v) is 23.9. The second-order valence-corrected chi connectivity index (χ2v) is 34.3. The third kappa shape index (κ3) is 29.8. The number of guanidine groups is 1. The summed E-state index contributed by atoms with van der Waals surface area (Å²) < 4.78 is 0. The first kappa shape index (κ1) is 103. The van der Waals surface area contributed by atoms with Crippen LogP contribution in [0.3, 0.4) is 0 Å². The number of likely N-dealkylation sites (N-methyl/N-ethyl adjacent to an activating group) is 4. The monoisotopic (exact) mass is 1840 g/mol. The van der Waals surface area contributed by atoms with Gasteiger partial charge in [0.1, 0.15) is 78.5 Å². The number of imidazole rings is 1. The Labute approximate surface area is 762 Å². The molecule has 22 N–H and O–H groups in total. The maximum Gasteiger partial charge on any atom is 0.246 e. The van der Waals surface area contributed by atoms with E-state index < -0.39 is 223 Å². The van der Waals surface area contributed by atoms with E-state index in [-0.39, 0.29) is 83.2 Å². The highest BCUT2D eigenvalue weighted by molar-refractivity contribution is 8.00. The summed E-state index contributed by atoms with van der Waals surface area (Å²) in [6.45, 7) is 5.91. The van der Waals surface area contributed by atoms with Gasteiger partial charge in [0, 0.05) is 119 Å². The summed E-state index contributed by atoms with van der Waals surface area (Å²) in [6, 6.07) is 2.92. The molecule has 0 bridgehead atoms. The van der Waals surface area contributed by atoms with E-state index in [9.17, 15) is 62.6 Å². The Morgan fingerprint density at radius 2 is 1.07 bits per heavy atom. The van der Waals surface area contributed by atoms with Crippen LogP contribution in [-0.2, 0) is 107 Å². The zero-order valence-electron chi connectivity index (χ0n) is 75.2. The van der Waals surface area contributed by atoms with E-state index >= 15 is 24.0 Å². The van der Waals surface area contributed by atoms with Gasteiger partial charge < -0.3 is 120 Å². The number of nitrogens with one attached hydrogen (secondary N) is 15. The van der Waals surface area contributed by atoms with Crippen LogP contribution in [0.4, 0.5) is 0 Å². The number of aliphatic hydroxyl groups is 1. The van der Waals surface area contributed by atoms with Crippen molar-refractivity contribution in [2.45, 2.75) is 209 Å². The van der Waals surface area contributed by atoms with E-state index in [0.717, 1.165) is 36.3 Å². The molecule has 6 aromatic rings. The standard InChI is InChI=1S/C88H124N24O18S/c1-10-12-29-68-81(124)101-59(28-21-32-94-88(91)92)77(120)107-67(76(119)97-43-72(90)115)46-131-47-74(117)100-63(35-51-22-15-14-16-23-51)84(127)109(7)50(5)75(118)103-65(39-71(89)114)86(129)112-33-31-69(112)82(125)102-61(38-54-42-93-48-98-54)79(122)104-62(34-49(3)4)83(126)108(6)44-73(116)99-60(36-52-40-95-57-26-19-17-24-55(52)57)78(121)106-66(45-113)80(123)105-64(37-53-41-96-58-27-20-18-25-56(53)58)85(128)111(9)70(30-13-11-2)87(130)110(68)8/h14-20,22-27,40-42,48-50,59-70,95-96,113H,10-13,21,28-39,43-47H2,1-9H3,(H2,89,114)(H2,90,115)(H,93,98)(H,97,119)(H,99,116)(H,100,117)(H,101,124)(H,102,125)(H,103,118)(H,104,122)(H,105,123)(H,106,121)(H,107,120)(H4,91,92,94). The molecule has 2 saturated heterocycles. The number of fused-ring (bicyclic) bond motifs is 3. The number of thioether (sulfide) groups is 1. The van der Waals surface area contributed by atoms with Crippen molar-refractivity contribution in [3.8, 4) is 0 Å². The number of aliphatic hydroxyl groups excluding tert-OH is 1. The minimum absolute atomic E-state index is 0.00145. The van der Waals surface area contributed by atoms with E-state index in [1.54, 1.807) is 105 Å². The first-order valence-electron chi connectivity index (χ1n) is 43.7. The van der Waals surface area contributed by atoms with E-state index in [4.69, 9.17) is 22.6 Å². The van der Waals surface area contributed by atoms with Gasteiger partial charge in [0.25, 0.3) is 0 Å². The number of rotatable bonds is 26. The van der Waals surface area contributed by atoms with Crippen LogP contribution in [0.25, 0.3) is 21.8 Å². The molecule has 2 fully saturated rings. The summed E-state index contributed by atoms with van der Waals surface area (Å²) in [5.74, 6) is -17.2. The minimum atomic E-state index is -1.85. The van der Waals surface area contributed by atoms with Crippen molar-refractivity contribution in [2.75, 3.05) is 72.5 Å². The molecule has 8 rings (SSSR count). The van der Waals surface area contributed by atoms with Gasteiger partial charge in [-0.3, -0.25) is 86.9 Å². The summed E-state index contributed by atoms with van der Waals surface area (Å²) in [5, 5.41) is 49.3. The number of H-pyrrole nitrogens is 3. The number of hydrogen-bond donors (Lipinski definition) is 19. The second-order valence-electron chi connectivity index (χ2n) is 33.3. The van der Waals surface area contributed by atoms with Crippen LogP contribution < -0.4 is 75.7 Å². The van der Waals surface area contributed by atoms with Crippen molar-refractivity contribution >= 4 is 140 Å². The molecule has 710 valence electrons. The number of amides is 17. The predicted octanol–water partition coefficient (Wildman–Crippen LogP) is -2.53. The first-order valence-corrected chi connectivity index (χ1v) is 44.9. The van der Waals surface area contributed by atoms with Crippen LogP contribution in [-0.4, -0.2) is 307 Å². The molecule has 131 heavy (non-hydrogen) atoms. The van der Waals surface area contributed by atoms with E-state index in [1.807, 2.05) is 13.8 Å². The summed E-state index contributed by atoms with van der Waals surface area (Å²) in [7, 11) is 5.24. The van der Waals surface area contributed by atoms with Gasteiger partial charge in [-0.25, -0.2) is 4.98 Å². The number of hydrogen-bond acceptors (Lipinski definition) is 21. The Bertz CT molecular complexity index is 5030. The molecule has 0 saturated carbocycles. The van der Waals surface area contributed by atoms with Crippen LogP contribution in [0.5, 0.6) is 0 Å². The van der Waals surface area contributed by atoms with Gasteiger partial charge in [-0.15, -0.1) is 11.8 Å². The number of aromatic amines is 3. The number of benzene rings is 3. The molecule has 13 atom stereocenters. The van der Waals surface area contributed by atoms with Crippen molar-refractivity contribution in [3.63, 3.8) is 0 Å². The number of unbranched alkanes of at least 4 members (excludes halogenated alkanes) is 2. The number of primary amides is 2. The fourth-order valence-electron chi connectivity index (χ4n) is 15.4. The lowest BCUT2D eigenvalue weighted by molar-refractivity contribution is -0.151. The van der Waals surface area contributed by atoms with Crippen LogP contribution in [0.15, 0.2) is 104 Å². The maximum absolute atomic E-state index is 15.7. The summed E-state index contributed by atoms with van der Waals surface area (Å²) >= 11 is 0.794. The van der Waals surface area contributed by atoms with Gasteiger partial charge >= 0.3 is 0 Å². The zero-order valence-corrected chi connectivity index (χ0v) is 76.0. The Balaban J connectivity index is 1.17. The van der Waals surface area contributed by atoms with E-state index in [2.05, 4.69) is 78.4 Å². The molecular formula is C88H124N24O18S. The van der Waals surface area contributed by atoms with Crippen LogP contribution >= 0.6 is 11.8 Å². The summed E-state index contributed by atoms with van der Waals surface area (Å²) in [5.41, 5.74) is 20.0. The Morgan fingerprint density at radius 3 is 1.65 bits per heavy atom. The van der Waals surface area contributed by atoms with Gasteiger partial charge in [0.15, 0.2) is 5.96 Å². The molecule has 0 spiro atoms. The fraction of sp³-hybridized carbons (Fsp3) is 0.511. The summed E-state index contributed by atoms with van der Waals surface area (Å²) in [6.07, 6.45) is 5.78. The van der Waals surface area contributed by atoms with Gasteiger partial charge in [-0.1, -0.05) is 120 Å². The van der Waals surface area contributed by atoms with Crippen LogP contribution in [0.1, 0.15) is 128 Å². The molecule has 5 heterocycles. The van der Waals surface area contributed by atoms with Crippen molar-refractivity contribution in [1.82, 2.24) is 103 Å². The van der Waals surface area contributed by atoms with Crippen molar-refractivity contribution in [1.29, 1.82) is 5.41 Å². The third-order valence-electron chi connectivity index (χ3n) is 22.9. The molecule has 42 nitrogen and oxygen atoms in total. The number of carbonyl (C=O) groups excluding carboxylic acids is 17. The largest absolute Gasteiger partial charge is 0.394 e. The molecule has 43 heteroatoms. The normalized spacial score (nSPS) is 23.5. The fourth-order valence-corrected chi connectivity index (χ4v) is 16.3. The average Bonchev–Trinajstić information content (AvgIpc) is 1.36. The second kappa shape index (κ2) is 49.9. The molecule has 0 aliphatic carbocycles. The Morgan fingerprint density at radius 1 is 0.534 bits per heavy atom. The molecule has 3 aromatic heterocycles. The number of aromatic nitrogens is 4. The number of nitrogens with zero attached hydrogens (tertiary/aromatic N) is 6. The Hall–Kier alpha value is -13.5. The molecule has 2 aliphatic rings. The smallest absolute Gasteiger partial charge is 0.246 e. The quantitative estimate of drug-likeness (QED) is 0.0151. The summed E-state index contributed by atoms with van der Waals surface area (Å²) in [4.78, 5) is 266. The number of nitrogens with two attached hydrogens (primary N) is 3. The van der Waals surface area contributed by atoms with Gasteiger partial charge in [0.2, 0.25) is 100 Å². The molecule has 0 radical (unpaired) electrons. The van der Waals surface area contributed by atoms with Crippen molar-refractivity contribution in [3.05, 3.63) is 126 Å². The predicted molar refractivity (Wildman–Crippen MR) is 485 cm³/mol. The van der Waals surface area contributed by atoms with E-state index in [0.29, 0.717) is 69.9 Å². The lowest BCUT2D eigenvalue weighted by atomic mass is 9.98. The molecular weight excluding hydrogens is 1710 g/mol. The first-order chi connectivity index (χ1) is 62.4. The topological polar surface area (TPSA) is 621 Å². The SMILES string of the molecule is CCCCC1C(=O)N(C)C(CCCC)C(=O)NC(CCCNC(=N)N)C(=O)NC(C(=O)NCC(N)=O)CSCC(=O)NC(Cc2ccccc2)C(=O)N(C)C(C)C(=O)NC(CC(N)=O)C(=O)N2CCC2C(=O)NC(Cc2cnc[nH]2)C(=O)NC(CC(C)C)C(=O)N(C)CC(=O)NC(Cc2c[nH]c3ccccc23)C(=O)NC(CO)C(=O)NC(Cc2c[nH]c3ccccc23)C(=O)N1C. The average molecular weight is 1840 g/mol. The molecule has 3 aromatic carbocycles. The highest BCUT2D eigenvalue weighted by Gasteiger charge is 2.45. The number of carbonyl (C=O) groups is 17. The lowest BCUT2D eigenvalue weighted by Crippen LogP contribution is -2.65.